The second kappa shape index (κ2) is 19.7. The quantitative estimate of drug-likeness (QED) is 0.441. The van der Waals surface area contributed by atoms with E-state index in [1.54, 1.807) is 13.8 Å². The molecule has 0 N–H and O–H groups in total. The average molecular weight is 384 g/mol. The minimum absolute atomic E-state index is 0. The molecule has 1 aromatic rings. The van der Waals surface area contributed by atoms with Crippen molar-refractivity contribution in [2.75, 3.05) is 13.2 Å². The van der Waals surface area contributed by atoms with E-state index in [0.717, 1.165) is 12.1 Å². The summed E-state index contributed by atoms with van der Waals surface area (Å²) in [6.45, 7) is 18.0. The van der Waals surface area contributed by atoms with Crippen molar-refractivity contribution in [1.82, 2.24) is 0 Å². The van der Waals surface area contributed by atoms with E-state index in [9.17, 15) is 13.2 Å². The fraction of sp³-hybridized carbons (Fsp3) is 0.400. The summed E-state index contributed by atoms with van der Waals surface area (Å²) < 4.78 is 70.1. The van der Waals surface area contributed by atoms with Crippen molar-refractivity contribution in [2.24, 2.45) is 0 Å². The zero-order chi connectivity index (χ0) is 18.9. The minimum atomic E-state index is -4.31. The van der Waals surface area contributed by atoms with Gasteiger partial charge in [-0.1, -0.05) is 12.1 Å². The summed E-state index contributed by atoms with van der Waals surface area (Å²) in [5.41, 5.74) is -0.0882. The van der Waals surface area contributed by atoms with Crippen LogP contribution in [0.5, 0.6) is 0 Å². The maximum absolute atomic E-state index is 12.4. The molecule has 0 aromatic heterocycles. The summed E-state index contributed by atoms with van der Waals surface area (Å²) in [4.78, 5) is 0. The normalized spacial score (nSPS) is 8.83. The van der Waals surface area contributed by atoms with Gasteiger partial charge in [-0.3, -0.25) is 0 Å². The summed E-state index contributed by atoms with van der Waals surface area (Å²) >= 11 is 0. The average Bonchev–Trinajstić information content (AvgIpc) is 2.59. The van der Waals surface area contributed by atoms with Gasteiger partial charge in [0, 0.05) is 36.1 Å². The molecule has 1 rings (SSSR count). The van der Waals surface area contributed by atoms with Crippen LogP contribution in [0.1, 0.15) is 31.3 Å². The summed E-state index contributed by atoms with van der Waals surface area (Å²) in [6, 6.07) is 4.80. The first kappa shape index (κ1) is 30.6. The van der Waals surface area contributed by atoms with E-state index in [-0.39, 0.29) is 17.4 Å². The van der Waals surface area contributed by atoms with Crippen molar-refractivity contribution in [1.29, 1.82) is 0 Å². The van der Waals surface area contributed by atoms with Gasteiger partial charge in [-0.05, 0) is 26.0 Å². The van der Waals surface area contributed by atoms with Gasteiger partial charge in [0.2, 0.25) is 0 Å². The Balaban J connectivity index is -0.000000256. The molecule has 0 aliphatic carbocycles. The van der Waals surface area contributed by atoms with Crippen molar-refractivity contribution in [2.45, 2.75) is 26.3 Å². The molecule has 1 aromatic carbocycles. The molecule has 0 amide bonds. The Morgan fingerprint density at radius 1 is 0.875 bits per heavy atom. The van der Waals surface area contributed by atoms with Crippen LogP contribution in [0.2, 0.25) is 0 Å². The van der Waals surface area contributed by atoms with E-state index in [1.807, 2.05) is 0 Å². The van der Waals surface area contributed by atoms with Gasteiger partial charge in [0.1, 0.15) is 0 Å². The van der Waals surface area contributed by atoms with E-state index in [4.69, 9.17) is 23.4 Å². The van der Waals surface area contributed by atoms with Crippen LogP contribution >= 0.6 is 0 Å². The Kier molecular flexibility index (Phi) is 25.1. The van der Waals surface area contributed by atoms with Crippen LogP contribution in [-0.2, 0) is 47.0 Å². The first-order valence-electron chi connectivity index (χ1n) is 6.00. The predicted molar refractivity (Wildman–Crippen MR) is 69.2 cm³/mol. The SMILES string of the molecule is CCOC(OCC)c1ccc(C(F)(F)F)cc1.[C-]#[O+].[C-]#[O+].[C-]#[O+].[Cr]. The maximum atomic E-state index is 12.4. The van der Waals surface area contributed by atoms with Gasteiger partial charge in [-0.2, -0.15) is 13.2 Å². The van der Waals surface area contributed by atoms with E-state index in [1.165, 1.54) is 12.1 Å². The second-order valence-corrected chi connectivity index (χ2v) is 3.36. The Hall–Kier alpha value is -1.32. The number of alkyl halides is 3. The standard InChI is InChI=1S/C12H15F3O2.3CO.Cr/c1-3-16-11(17-4-2)9-5-7-10(8-6-9)12(13,14)15;3*1-2;/h5-8,11H,3-4H2,1-2H3;;;;. The maximum Gasteiger partial charge on any atom is 0 e. The molecule has 132 valence electrons. The third kappa shape index (κ3) is 13.2. The molecule has 0 spiro atoms. The van der Waals surface area contributed by atoms with Gasteiger partial charge in [0.15, 0.2) is 6.29 Å². The number of hydrogen-bond acceptors (Lipinski definition) is 2. The van der Waals surface area contributed by atoms with E-state index in [2.05, 4.69) is 20.0 Å². The summed E-state index contributed by atoms with van der Waals surface area (Å²) in [7, 11) is 0. The molecule has 0 saturated carbocycles. The summed E-state index contributed by atoms with van der Waals surface area (Å²) in [5.74, 6) is 0. The monoisotopic (exact) mass is 384 g/mol. The summed E-state index contributed by atoms with van der Waals surface area (Å²) in [6.07, 6.45) is -4.92. The van der Waals surface area contributed by atoms with Crippen LogP contribution < -0.4 is 0 Å². The Morgan fingerprint density at radius 3 is 1.46 bits per heavy atom. The Morgan fingerprint density at radius 2 is 1.21 bits per heavy atom. The largest absolute Gasteiger partial charge is 0 e. The van der Waals surface area contributed by atoms with Crippen molar-refractivity contribution >= 4 is 0 Å². The van der Waals surface area contributed by atoms with Gasteiger partial charge >= 0.3 is 40.1 Å². The molecule has 24 heavy (non-hydrogen) atoms. The van der Waals surface area contributed by atoms with Crippen molar-refractivity contribution in [3.05, 3.63) is 55.3 Å². The van der Waals surface area contributed by atoms with Gasteiger partial charge in [-0.15, -0.1) is 0 Å². The first-order valence-corrected chi connectivity index (χ1v) is 6.00. The molecule has 5 nitrogen and oxygen atoms in total. The van der Waals surface area contributed by atoms with Gasteiger partial charge < -0.3 is 9.47 Å². The molecule has 0 heterocycles. The first-order chi connectivity index (χ1) is 11.0. The van der Waals surface area contributed by atoms with Crippen LogP contribution in [0, 0.1) is 20.0 Å². The van der Waals surface area contributed by atoms with Crippen LogP contribution in [0.15, 0.2) is 24.3 Å². The summed E-state index contributed by atoms with van der Waals surface area (Å²) in [5, 5.41) is 0. The van der Waals surface area contributed by atoms with Crippen molar-refractivity contribution in [3.8, 4) is 0 Å². The molecule has 0 aliphatic rings. The van der Waals surface area contributed by atoms with Crippen LogP contribution in [0.3, 0.4) is 0 Å². The van der Waals surface area contributed by atoms with Gasteiger partial charge in [0.05, 0.1) is 5.56 Å². The molecule has 0 fully saturated rings. The van der Waals surface area contributed by atoms with Crippen LogP contribution in [0.25, 0.3) is 0 Å². The fourth-order valence-corrected chi connectivity index (χ4v) is 1.37. The molecule has 0 bridgehead atoms. The molecule has 0 atom stereocenters. The number of halogens is 3. The zero-order valence-electron chi connectivity index (χ0n) is 12.9. The van der Waals surface area contributed by atoms with E-state index in [0.29, 0.717) is 18.8 Å². The Labute approximate surface area is 149 Å². The number of rotatable bonds is 5. The van der Waals surface area contributed by atoms with Crippen molar-refractivity contribution < 1.29 is 54.0 Å². The molecular weight excluding hydrogens is 369 g/mol. The number of benzene rings is 1. The third-order valence-electron chi connectivity index (χ3n) is 2.15. The third-order valence-corrected chi connectivity index (χ3v) is 2.15. The molecule has 0 saturated heterocycles. The fourth-order valence-electron chi connectivity index (χ4n) is 1.37. The molecular formula is C15H15CrF3O5. The van der Waals surface area contributed by atoms with Gasteiger partial charge in [-0.25, -0.2) is 0 Å². The van der Waals surface area contributed by atoms with Crippen LogP contribution in [0.4, 0.5) is 13.2 Å². The smallest absolute Gasteiger partial charge is 0 e. The number of ether oxygens (including phenoxy) is 2. The zero-order valence-corrected chi connectivity index (χ0v) is 14.2. The molecule has 0 aliphatic heterocycles. The molecule has 9 heteroatoms. The second-order valence-electron chi connectivity index (χ2n) is 3.36. The van der Waals surface area contributed by atoms with E-state index < -0.39 is 18.0 Å². The minimum Gasteiger partial charge on any atom is 0 e. The predicted octanol–water partition coefficient (Wildman–Crippen LogP) is 3.66. The topological polar surface area (TPSA) is 78.2 Å². The van der Waals surface area contributed by atoms with E-state index >= 15 is 0 Å². The van der Waals surface area contributed by atoms with Gasteiger partial charge in [0.25, 0.3) is 0 Å². The molecule has 0 unspecified atom stereocenters. The number of hydrogen-bond donors (Lipinski definition) is 0. The molecule has 0 radical (unpaired) electrons. The van der Waals surface area contributed by atoms with Crippen molar-refractivity contribution in [3.63, 3.8) is 0 Å². The Bertz CT molecular complexity index is 435. The van der Waals surface area contributed by atoms with Crippen LogP contribution in [-0.4, -0.2) is 13.2 Å².